The Kier molecular flexibility index (Phi) is 3.64. The minimum atomic E-state index is -0.304. The summed E-state index contributed by atoms with van der Waals surface area (Å²) in [5.74, 6) is -0.149. The molecule has 3 rings (SSSR count). The Morgan fingerprint density at radius 3 is 3.05 bits per heavy atom. The number of pyridine rings is 1. The zero-order chi connectivity index (χ0) is 13.8. The van der Waals surface area contributed by atoms with Crippen molar-refractivity contribution in [1.82, 2.24) is 15.6 Å². The predicted octanol–water partition coefficient (Wildman–Crippen LogP) is 0.596. The number of nitrogens with zero attached hydrogens (tertiary/aromatic N) is 2. The van der Waals surface area contributed by atoms with Crippen molar-refractivity contribution in [3.05, 3.63) is 30.1 Å². The van der Waals surface area contributed by atoms with E-state index in [2.05, 4.69) is 20.8 Å². The van der Waals surface area contributed by atoms with E-state index in [1.807, 2.05) is 12.1 Å². The number of hydrogen-bond acceptors (Lipinski definition) is 5. The summed E-state index contributed by atoms with van der Waals surface area (Å²) in [7, 11) is 0. The molecule has 1 fully saturated rings. The van der Waals surface area contributed by atoms with Gasteiger partial charge in [-0.25, -0.2) is 0 Å². The fraction of sp³-hybridized carbons (Fsp3) is 0.500. The number of rotatable bonds is 3. The third-order valence-electron chi connectivity index (χ3n) is 3.74. The van der Waals surface area contributed by atoms with Gasteiger partial charge in [-0.1, -0.05) is 5.16 Å². The van der Waals surface area contributed by atoms with Crippen molar-refractivity contribution in [3.8, 4) is 0 Å². The summed E-state index contributed by atoms with van der Waals surface area (Å²) in [5.41, 5.74) is 1.20. The number of carbonyl (C=O) groups excluding carboxylic acids is 1. The van der Waals surface area contributed by atoms with Gasteiger partial charge in [-0.2, -0.15) is 0 Å². The Bertz CT molecular complexity index is 509. The summed E-state index contributed by atoms with van der Waals surface area (Å²) in [6, 6.07) is 3.75. The number of amides is 1. The van der Waals surface area contributed by atoms with Crippen LogP contribution >= 0.6 is 0 Å². The first-order chi connectivity index (χ1) is 9.77. The van der Waals surface area contributed by atoms with Crippen LogP contribution in [0.5, 0.6) is 0 Å². The molecule has 1 saturated heterocycles. The summed E-state index contributed by atoms with van der Waals surface area (Å²) in [4.78, 5) is 21.6. The molecule has 1 spiro atoms. The van der Waals surface area contributed by atoms with Crippen molar-refractivity contribution < 1.29 is 9.63 Å². The van der Waals surface area contributed by atoms with Gasteiger partial charge in [0.25, 0.3) is 5.91 Å². The topological polar surface area (TPSA) is 75.6 Å². The number of hydrogen-bond donors (Lipinski definition) is 2. The van der Waals surface area contributed by atoms with Crippen molar-refractivity contribution in [2.24, 2.45) is 5.16 Å². The third-order valence-corrected chi connectivity index (χ3v) is 3.74. The fourth-order valence-electron chi connectivity index (χ4n) is 2.60. The normalized spacial score (nSPS) is 25.1. The molecular weight excluding hydrogens is 256 g/mol. The first kappa shape index (κ1) is 13.1. The average Bonchev–Trinajstić information content (AvgIpc) is 2.90. The molecule has 1 aromatic heterocycles. The Hall–Kier alpha value is -1.95. The van der Waals surface area contributed by atoms with Crippen molar-refractivity contribution in [1.29, 1.82) is 0 Å². The first-order valence-corrected chi connectivity index (χ1v) is 6.90. The Balaban J connectivity index is 1.53. The monoisotopic (exact) mass is 274 g/mol. The van der Waals surface area contributed by atoms with E-state index in [4.69, 9.17) is 4.84 Å². The highest BCUT2D eigenvalue weighted by atomic mass is 16.7. The van der Waals surface area contributed by atoms with Crippen LogP contribution in [0.15, 0.2) is 29.7 Å². The van der Waals surface area contributed by atoms with Crippen LogP contribution in [0.3, 0.4) is 0 Å². The highest BCUT2D eigenvalue weighted by Crippen LogP contribution is 2.30. The van der Waals surface area contributed by atoms with Crippen molar-refractivity contribution in [2.45, 2.75) is 31.4 Å². The summed E-state index contributed by atoms with van der Waals surface area (Å²) in [6.45, 7) is 2.25. The summed E-state index contributed by atoms with van der Waals surface area (Å²) < 4.78 is 0. The minimum absolute atomic E-state index is 0.149. The lowest BCUT2D eigenvalue weighted by Gasteiger charge is -2.30. The molecule has 0 aromatic carbocycles. The predicted molar refractivity (Wildman–Crippen MR) is 74.1 cm³/mol. The lowest BCUT2D eigenvalue weighted by molar-refractivity contribution is -0.115. The molecule has 6 nitrogen and oxygen atoms in total. The lowest BCUT2D eigenvalue weighted by Crippen LogP contribution is -2.46. The second-order valence-corrected chi connectivity index (χ2v) is 5.31. The molecule has 3 heterocycles. The van der Waals surface area contributed by atoms with E-state index in [9.17, 15) is 4.79 Å². The van der Waals surface area contributed by atoms with E-state index in [0.29, 0.717) is 18.7 Å². The average molecular weight is 274 g/mol. The minimum Gasteiger partial charge on any atom is -0.387 e. The Labute approximate surface area is 117 Å². The summed E-state index contributed by atoms with van der Waals surface area (Å²) >= 11 is 0. The van der Waals surface area contributed by atoms with Gasteiger partial charge in [-0.15, -0.1) is 0 Å². The highest BCUT2D eigenvalue weighted by molar-refractivity contribution is 6.39. The van der Waals surface area contributed by atoms with Gasteiger partial charge in [0.15, 0.2) is 5.60 Å². The second kappa shape index (κ2) is 5.58. The summed E-state index contributed by atoms with van der Waals surface area (Å²) in [5, 5.41) is 10.1. The molecule has 0 unspecified atom stereocenters. The van der Waals surface area contributed by atoms with E-state index >= 15 is 0 Å². The largest absolute Gasteiger partial charge is 0.387 e. The molecule has 2 N–H and O–H groups in total. The van der Waals surface area contributed by atoms with Crippen molar-refractivity contribution in [2.75, 3.05) is 13.1 Å². The van der Waals surface area contributed by atoms with Crippen LogP contribution in [0.2, 0.25) is 0 Å². The maximum Gasteiger partial charge on any atom is 0.269 e. The molecule has 2 aliphatic rings. The highest BCUT2D eigenvalue weighted by Gasteiger charge is 2.42. The van der Waals surface area contributed by atoms with Crippen LogP contribution in [0.25, 0.3) is 0 Å². The molecule has 106 valence electrons. The number of aromatic nitrogens is 1. The van der Waals surface area contributed by atoms with Gasteiger partial charge in [0.05, 0.1) is 0 Å². The van der Waals surface area contributed by atoms with E-state index in [1.165, 1.54) is 0 Å². The van der Waals surface area contributed by atoms with Crippen LogP contribution < -0.4 is 10.6 Å². The maximum absolute atomic E-state index is 12.1. The maximum atomic E-state index is 12.1. The molecule has 0 radical (unpaired) electrons. The molecule has 1 atom stereocenters. The van der Waals surface area contributed by atoms with Crippen molar-refractivity contribution in [3.63, 3.8) is 0 Å². The molecule has 20 heavy (non-hydrogen) atoms. The second-order valence-electron chi connectivity index (χ2n) is 5.31. The van der Waals surface area contributed by atoms with Crippen LogP contribution in [0, 0.1) is 0 Å². The number of oxime groups is 1. The zero-order valence-electron chi connectivity index (χ0n) is 11.3. The molecule has 2 aliphatic heterocycles. The quantitative estimate of drug-likeness (QED) is 0.846. The van der Waals surface area contributed by atoms with Crippen LogP contribution in [0.1, 0.15) is 24.8 Å². The lowest BCUT2D eigenvalue weighted by atomic mass is 9.89. The number of carbonyl (C=O) groups is 1. The first-order valence-electron chi connectivity index (χ1n) is 6.90. The van der Waals surface area contributed by atoms with E-state index in [-0.39, 0.29) is 11.5 Å². The Morgan fingerprint density at radius 1 is 1.45 bits per heavy atom. The number of nitrogens with one attached hydrogen (secondary N) is 2. The third kappa shape index (κ3) is 2.80. The standard InChI is InChI=1S/C14H18N4O2/c19-13(17-9-11-2-6-15-7-3-11)12-8-14(20-18-12)4-1-5-16-10-14/h2-3,6-7,16H,1,4-5,8-10H2,(H,17,19)/t14-/m1/s1. The van der Waals surface area contributed by atoms with Crippen molar-refractivity contribution >= 4 is 11.6 Å². The van der Waals surface area contributed by atoms with Crippen LogP contribution in [0.4, 0.5) is 0 Å². The van der Waals surface area contributed by atoms with E-state index < -0.39 is 0 Å². The van der Waals surface area contributed by atoms with Gasteiger partial charge in [0, 0.05) is 31.9 Å². The van der Waals surface area contributed by atoms with Gasteiger partial charge in [-0.05, 0) is 37.1 Å². The molecule has 0 bridgehead atoms. The van der Waals surface area contributed by atoms with Gasteiger partial charge >= 0.3 is 0 Å². The fourth-order valence-corrected chi connectivity index (χ4v) is 2.60. The molecule has 6 heteroatoms. The molecule has 0 saturated carbocycles. The summed E-state index contributed by atoms with van der Waals surface area (Å²) in [6.07, 6.45) is 6.01. The molecule has 1 amide bonds. The van der Waals surface area contributed by atoms with Gasteiger partial charge < -0.3 is 15.5 Å². The van der Waals surface area contributed by atoms with Gasteiger partial charge in [0.2, 0.25) is 0 Å². The molecule has 1 aromatic rings. The van der Waals surface area contributed by atoms with Crippen LogP contribution in [-0.2, 0) is 16.2 Å². The van der Waals surface area contributed by atoms with Crippen LogP contribution in [-0.4, -0.2) is 35.3 Å². The molecular formula is C14H18N4O2. The SMILES string of the molecule is O=C(NCc1ccncc1)C1=NO[C@]2(CCCNC2)C1. The van der Waals surface area contributed by atoms with E-state index in [1.54, 1.807) is 12.4 Å². The smallest absolute Gasteiger partial charge is 0.269 e. The van der Waals surface area contributed by atoms with Gasteiger partial charge in [0.1, 0.15) is 5.71 Å². The number of piperidine rings is 1. The molecule has 0 aliphatic carbocycles. The zero-order valence-corrected chi connectivity index (χ0v) is 11.3. The van der Waals surface area contributed by atoms with Gasteiger partial charge in [-0.3, -0.25) is 9.78 Å². The van der Waals surface area contributed by atoms with E-state index in [0.717, 1.165) is 31.5 Å². The Morgan fingerprint density at radius 2 is 2.30 bits per heavy atom.